The van der Waals surface area contributed by atoms with Crippen molar-refractivity contribution in [3.05, 3.63) is 41.0 Å². The molecular formula is C19H23N5O3S. The van der Waals surface area contributed by atoms with Crippen LogP contribution in [0.5, 0.6) is 0 Å². The first-order valence-corrected chi connectivity index (χ1v) is 9.94. The highest BCUT2D eigenvalue weighted by Crippen LogP contribution is 2.22. The summed E-state index contributed by atoms with van der Waals surface area (Å²) in [6.07, 6.45) is 1.60. The Bertz CT molecular complexity index is 1060. The van der Waals surface area contributed by atoms with Gasteiger partial charge in [0.25, 0.3) is 5.91 Å². The fourth-order valence-electron chi connectivity index (χ4n) is 2.87. The van der Waals surface area contributed by atoms with Crippen LogP contribution in [0, 0.1) is 0 Å². The number of benzene rings is 1. The highest BCUT2D eigenvalue weighted by Gasteiger charge is 2.13. The van der Waals surface area contributed by atoms with E-state index in [1.54, 1.807) is 16.9 Å². The van der Waals surface area contributed by atoms with E-state index in [2.05, 4.69) is 15.4 Å². The van der Waals surface area contributed by atoms with Crippen LogP contribution in [0.15, 0.2) is 35.5 Å². The Morgan fingerprint density at radius 1 is 1.29 bits per heavy atom. The molecule has 0 atom stereocenters. The molecule has 0 aliphatic heterocycles. The van der Waals surface area contributed by atoms with Crippen LogP contribution < -0.4 is 10.1 Å². The van der Waals surface area contributed by atoms with Crippen LogP contribution in [-0.2, 0) is 22.6 Å². The van der Waals surface area contributed by atoms with Gasteiger partial charge in [0.15, 0.2) is 4.80 Å². The van der Waals surface area contributed by atoms with Crippen LogP contribution in [0.25, 0.3) is 10.2 Å². The van der Waals surface area contributed by atoms with Gasteiger partial charge in [-0.25, -0.2) is 0 Å². The van der Waals surface area contributed by atoms with Crippen molar-refractivity contribution in [1.82, 2.24) is 14.3 Å². The van der Waals surface area contributed by atoms with Crippen LogP contribution >= 0.6 is 11.3 Å². The Morgan fingerprint density at radius 2 is 2.11 bits per heavy atom. The normalized spacial score (nSPS) is 11.9. The minimum absolute atomic E-state index is 0.131. The molecule has 0 spiro atoms. The molecule has 0 aliphatic rings. The molecule has 0 fully saturated rings. The van der Waals surface area contributed by atoms with E-state index in [-0.39, 0.29) is 11.8 Å². The van der Waals surface area contributed by atoms with E-state index in [9.17, 15) is 9.59 Å². The smallest absolute Gasteiger partial charge is 0.297 e. The van der Waals surface area contributed by atoms with Crippen LogP contribution in [0.2, 0.25) is 0 Å². The molecule has 1 N–H and O–H groups in total. The summed E-state index contributed by atoms with van der Waals surface area (Å²) >= 11 is 1.40. The molecule has 2 amide bonds. The third-order valence-electron chi connectivity index (χ3n) is 4.10. The average molecular weight is 401 g/mol. The van der Waals surface area contributed by atoms with E-state index in [0.29, 0.717) is 42.5 Å². The topological polar surface area (TPSA) is 90.5 Å². The van der Waals surface area contributed by atoms with Gasteiger partial charge < -0.3 is 14.6 Å². The summed E-state index contributed by atoms with van der Waals surface area (Å²) in [6.45, 7) is 7.65. The number of amides is 2. The molecule has 3 aromatic rings. The van der Waals surface area contributed by atoms with E-state index in [1.807, 2.05) is 36.6 Å². The first-order chi connectivity index (χ1) is 13.5. The third kappa shape index (κ3) is 4.37. The van der Waals surface area contributed by atoms with Gasteiger partial charge in [-0.2, -0.15) is 10.1 Å². The van der Waals surface area contributed by atoms with Gasteiger partial charge in [0.05, 0.1) is 16.8 Å². The molecule has 0 aliphatic carbocycles. The summed E-state index contributed by atoms with van der Waals surface area (Å²) in [5, 5.41) is 6.92. The van der Waals surface area contributed by atoms with Gasteiger partial charge in [0, 0.05) is 38.5 Å². The van der Waals surface area contributed by atoms with Crippen molar-refractivity contribution < 1.29 is 14.3 Å². The number of nitrogens with one attached hydrogen (secondary N) is 1. The fourth-order valence-corrected chi connectivity index (χ4v) is 3.96. The molecule has 0 saturated heterocycles. The molecule has 148 valence electrons. The monoisotopic (exact) mass is 401 g/mol. The number of carbonyl (C=O) groups excluding carboxylic acids is 2. The highest BCUT2D eigenvalue weighted by atomic mass is 32.1. The molecular weight excluding hydrogens is 378 g/mol. The Balaban J connectivity index is 2.06. The highest BCUT2D eigenvalue weighted by molar-refractivity contribution is 7.16. The number of thiazole rings is 1. The molecule has 8 nitrogen and oxygen atoms in total. The van der Waals surface area contributed by atoms with Gasteiger partial charge in [-0.3, -0.25) is 14.3 Å². The number of fused-ring (bicyclic) bond motifs is 1. The summed E-state index contributed by atoms with van der Waals surface area (Å²) in [6, 6.07) is 7.31. The van der Waals surface area contributed by atoms with Gasteiger partial charge in [0.1, 0.15) is 5.69 Å². The van der Waals surface area contributed by atoms with E-state index in [1.165, 1.54) is 18.3 Å². The maximum absolute atomic E-state index is 12.7. The summed E-state index contributed by atoms with van der Waals surface area (Å²) in [5.74, 6) is -0.466. The third-order valence-corrected chi connectivity index (χ3v) is 5.14. The molecule has 0 bridgehead atoms. The van der Waals surface area contributed by atoms with Gasteiger partial charge in [0.2, 0.25) is 5.91 Å². The average Bonchev–Trinajstić information content (AvgIpc) is 3.26. The molecule has 3 rings (SSSR count). The fraction of sp³-hybridized carbons (Fsp3) is 0.368. The van der Waals surface area contributed by atoms with Gasteiger partial charge in [-0.1, -0.05) is 11.3 Å². The number of ether oxygens (including phenoxy) is 1. The lowest BCUT2D eigenvalue weighted by atomic mass is 10.3. The predicted octanol–water partition coefficient (Wildman–Crippen LogP) is 2.66. The summed E-state index contributed by atoms with van der Waals surface area (Å²) < 4.78 is 10.0. The first-order valence-electron chi connectivity index (χ1n) is 9.13. The Kier molecular flexibility index (Phi) is 6.37. The number of nitrogens with zero attached hydrogens (tertiary/aromatic N) is 4. The second kappa shape index (κ2) is 8.94. The van der Waals surface area contributed by atoms with Crippen LogP contribution in [-0.4, -0.2) is 39.4 Å². The number of anilines is 1. The van der Waals surface area contributed by atoms with Crippen molar-refractivity contribution in [3.8, 4) is 0 Å². The summed E-state index contributed by atoms with van der Waals surface area (Å²) in [7, 11) is 0. The SMILES string of the molecule is CCOCCn1c(=NC(=O)c2ccnn2CC)sc2cc(NC(C)=O)ccc21. The van der Waals surface area contributed by atoms with Crippen LogP contribution in [0.4, 0.5) is 5.69 Å². The summed E-state index contributed by atoms with van der Waals surface area (Å²) in [4.78, 5) is 29.0. The van der Waals surface area contributed by atoms with E-state index >= 15 is 0 Å². The van der Waals surface area contributed by atoms with Gasteiger partial charge >= 0.3 is 0 Å². The molecule has 0 radical (unpaired) electrons. The molecule has 1 aromatic carbocycles. The number of hydrogen-bond donors (Lipinski definition) is 1. The minimum Gasteiger partial charge on any atom is -0.380 e. The van der Waals surface area contributed by atoms with Crippen molar-refractivity contribution in [2.45, 2.75) is 33.9 Å². The van der Waals surface area contributed by atoms with Crippen LogP contribution in [0.3, 0.4) is 0 Å². The number of rotatable bonds is 7. The maximum Gasteiger partial charge on any atom is 0.297 e. The van der Waals surface area contributed by atoms with Crippen molar-refractivity contribution in [1.29, 1.82) is 0 Å². The predicted molar refractivity (Wildman–Crippen MR) is 108 cm³/mol. The number of hydrogen-bond acceptors (Lipinski definition) is 5. The standard InChI is InChI=1S/C19H23N5O3S/c1-4-24-16(8-9-20-24)18(26)22-19-23(10-11-27-5-2)15-7-6-14(21-13(3)25)12-17(15)28-19/h6-9,12H,4-5,10-11H2,1-3H3,(H,21,25). The molecule has 0 unspecified atom stereocenters. The van der Waals surface area contributed by atoms with Crippen molar-refractivity contribution in [3.63, 3.8) is 0 Å². The molecule has 2 aromatic heterocycles. The zero-order valence-corrected chi connectivity index (χ0v) is 17.0. The van der Waals surface area contributed by atoms with Crippen molar-refractivity contribution in [2.75, 3.05) is 18.5 Å². The second-order valence-electron chi connectivity index (χ2n) is 6.05. The Labute approximate surface area is 166 Å². The molecule has 28 heavy (non-hydrogen) atoms. The van der Waals surface area contributed by atoms with Crippen LogP contribution in [0.1, 0.15) is 31.3 Å². The van der Waals surface area contributed by atoms with Crippen molar-refractivity contribution >= 4 is 39.1 Å². The maximum atomic E-state index is 12.7. The van der Waals surface area contributed by atoms with E-state index < -0.39 is 0 Å². The zero-order chi connectivity index (χ0) is 20.1. The summed E-state index contributed by atoms with van der Waals surface area (Å²) in [5.41, 5.74) is 2.10. The lowest BCUT2D eigenvalue weighted by Crippen LogP contribution is -2.20. The lowest BCUT2D eigenvalue weighted by molar-refractivity contribution is -0.114. The molecule has 0 saturated carbocycles. The lowest BCUT2D eigenvalue weighted by Gasteiger charge is -2.06. The van der Waals surface area contributed by atoms with Gasteiger partial charge in [-0.15, -0.1) is 0 Å². The van der Waals surface area contributed by atoms with Gasteiger partial charge in [-0.05, 0) is 38.1 Å². The molecule has 9 heteroatoms. The Hall–Kier alpha value is -2.78. The first kappa shape index (κ1) is 20.0. The second-order valence-corrected chi connectivity index (χ2v) is 7.06. The zero-order valence-electron chi connectivity index (χ0n) is 16.1. The quantitative estimate of drug-likeness (QED) is 0.616. The van der Waals surface area contributed by atoms with E-state index in [4.69, 9.17) is 4.74 Å². The minimum atomic E-state index is -0.335. The largest absolute Gasteiger partial charge is 0.380 e. The van der Waals surface area contributed by atoms with Crippen molar-refractivity contribution in [2.24, 2.45) is 4.99 Å². The van der Waals surface area contributed by atoms with E-state index in [0.717, 1.165) is 10.2 Å². The number of aromatic nitrogens is 3. The number of carbonyl (C=O) groups is 2. The number of aryl methyl sites for hydroxylation is 1. The molecule has 2 heterocycles. The Morgan fingerprint density at radius 3 is 2.82 bits per heavy atom.